The van der Waals surface area contributed by atoms with Crippen molar-refractivity contribution < 1.29 is 9.53 Å². The third kappa shape index (κ3) is 2.08. The largest absolute Gasteiger partial charge is 0.362 e. The normalized spacial score (nSPS) is 33.1. The zero-order chi connectivity index (χ0) is 15.5. The van der Waals surface area contributed by atoms with Crippen molar-refractivity contribution in [3.05, 3.63) is 33.3 Å². The molecule has 0 aliphatic carbocycles. The van der Waals surface area contributed by atoms with Crippen LogP contribution in [0.15, 0.2) is 12.1 Å². The van der Waals surface area contributed by atoms with Crippen molar-refractivity contribution in [1.29, 1.82) is 0 Å². The number of benzene rings is 1. The fraction of sp³-hybridized carbons (Fsp3) is 0.562. The van der Waals surface area contributed by atoms with E-state index in [2.05, 4.69) is 5.32 Å². The van der Waals surface area contributed by atoms with E-state index in [1.54, 1.807) is 6.07 Å². The summed E-state index contributed by atoms with van der Waals surface area (Å²) in [6.45, 7) is 3.95. The number of rotatable bonds is 1. The average molecular weight is 341 g/mol. The van der Waals surface area contributed by atoms with Crippen LogP contribution in [-0.2, 0) is 16.0 Å². The molecule has 2 fully saturated rings. The monoisotopic (exact) mass is 340 g/mol. The zero-order valence-electron chi connectivity index (χ0n) is 12.4. The summed E-state index contributed by atoms with van der Waals surface area (Å²) in [4.78, 5) is 15.0. The van der Waals surface area contributed by atoms with Gasteiger partial charge >= 0.3 is 0 Å². The molecule has 2 saturated heterocycles. The molecule has 118 valence electrons. The third-order valence-electron chi connectivity index (χ3n) is 5.15. The maximum atomic E-state index is 13.1. The second kappa shape index (κ2) is 5.10. The summed E-state index contributed by atoms with van der Waals surface area (Å²) in [5.74, 6) is 0.0872. The number of ether oxygens (including phenoxy) is 1. The molecule has 0 spiro atoms. The fourth-order valence-electron chi connectivity index (χ4n) is 4.01. The number of morpholine rings is 1. The number of fused-ring (bicyclic) bond motifs is 3. The molecule has 3 aliphatic heterocycles. The topological polar surface area (TPSA) is 41.6 Å². The second-order valence-electron chi connectivity index (χ2n) is 6.47. The molecule has 22 heavy (non-hydrogen) atoms. The van der Waals surface area contributed by atoms with E-state index in [4.69, 9.17) is 27.9 Å². The maximum Gasteiger partial charge on any atom is 0.256 e. The molecular weight excluding hydrogens is 323 g/mol. The average Bonchev–Trinajstić information content (AvgIpc) is 3.08. The molecule has 1 amide bonds. The molecule has 1 N–H and O–H groups in total. The van der Waals surface area contributed by atoms with Crippen molar-refractivity contribution in [2.24, 2.45) is 0 Å². The van der Waals surface area contributed by atoms with Gasteiger partial charge in [0.1, 0.15) is 0 Å². The van der Waals surface area contributed by atoms with Crippen molar-refractivity contribution in [1.82, 2.24) is 10.2 Å². The Kier molecular flexibility index (Phi) is 3.42. The van der Waals surface area contributed by atoms with E-state index in [9.17, 15) is 4.79 Å². The highest BCUT2D eigenvalue weighted by atomic mass is 35.5. The van der Waals surface area contributed by atoms with Crippen LogP contribution in [0.2, 0.25) is 10.0 Å². The number of halogens is 2. The van der Waals surface area contributed by atoms with Crippen molar-refractivity contribution in [2.75, 3.05) is 19.7 Å². The molecule has 3 aliphatic rings. The lowest BCUT2D eigenvalue weighted by Crippen LogP contribution is -2.54. The van der Waals surface area contributed by atoms with Crippen LogP contribution in [-0.4, -0.2) is 42.1 Å². The Morgan fingerprint density at radius 1 is 1.45 bits per heavy atom. The van der Waals surface area contributed by atoms with Gasteiger partial charge in [0.25, 0.3) is 5.91 Å². The number of hydrogen-bond donors (Lipinski definition) is 1. The van der Waals surface area contributed by atoms with E-state index in [1.807, 2.05) is 17.9 Å². The summed E-state index contributed by atoms with van der Waals surface area (Å²) in [5.41, 5.74) is 1.49. The first-order valence-electron chi connectivity index (χ1n) is 7.66. The van der Waals surface area contributed by atoms with Crippen molar-refractivity contribution >= 4 is 29.1 Å². The summed E-state index contributed by atoms with van der Waals surface area (Å²) in [6, 6.07) is 3.97. The minimum Gasteiger partial charge on any atom is -0.362 e. The summed E-state index contributed by atoms with van der Waals surface area (Å²) < 4.78 is 5.83. The van der Waals surface area contributed by atoms with Gasteiger partial charge < -0.3 is 15.0 Å². The van der Waals surface area contributed by atoms with Gasteiger partial charge in [-0.15, -0.1) is 0 Å². The van der Waals surface area contributed by atoms with E-state index < -0.39 is 5.60 Å². The summed E-state index contributed by atoms with van der Waals surface area (Å²) in [7, 11) is 0. The highest BCUT2D eigenvalue weighted by Crippen LogP contribution is 2.40. The first-order chi connectivity index (χ1) is 10.5. The molecule has 1 aromatic carbocycles. The van der Waals surface area contributed by atoms with Crippen LogP contribution in [0.5, 0.6) is 0 Å². The van der Waals surface area contributed by atoms with Gasteiger partial charge in [0.15, 0.2) is 5.60 Å². The summed E-state index contributed by atoms with van der Waals surface area (Å²) in [6.07, 6.45) is 1.55. The lowest BCUT2D eigenvalue weighted by Gasteiger charge is -2.40. The Bertz CT molecular complexity index is 641. The number of nitrogens with zero attached hydrogens (tertiary/aromatic N) is 1. The molecule has 2 bridgehead atoms. The van der Waals surface area contributed by atoms with Crippen molar-refractivity contribution in [3.63, 3.8) is 0 Å². The Morgan fingerprint density at radius 2 is 2.27 bits per heavy atom. The minimum atomic E-state index is -0.671. The summed E-state index contributed by atoms with van der Waals surface area (Å²) >= 11 is 12.5. The lowest BCUT2D eigenvalue weighted by molar-refractivity contribution is -0.155. The number of nitrogens with one attached hydrogen (secondary N) is 1. The fourth-order valence-corrected chi connectivity index (χ4v) is 4.70. The predicted octanol–water partition coefficient (Wildman–Crippen LogP) is 2.57. The van der Waals surface area contributed by atoms with E-state index in [0.717, 1.165) is 24.0 Å². The van der Waals surface area contributed by atoms with Crippen LogP contribution >= 0.6 is 23.2 Å². The zero-order valence-corrected chi connectivity index (χ0v) is 13.9. The molecule has 3 heterocycles. The first kappa shape index (κ1) is 14.8. The lowest BCUT2D eigenvalue weighted by atomic mass is 9.91. The number of carbonyl (C=O) groups excluding carboxylic acids is 1. The van der Waals surface area contributed by atoms with Gasteiger partial charge in [-0.1, -0.05) is 23.2 Å². The van der Waals surface area contributed by atoms with Crippen LogP contribution in [0.1, 0.15) is 30.5 Å². The van der Waals surface area contributed by atoms with Gasteiger partial charge in [-0.25, -0.2) is 0 Å². The third-order valence-corrected chi connectivity index (χ3v) is 5.68. The van der Waals surface area contributed by atoms with Crippen LogP contribution in [0.4, 0.5) is 0 Å². The highest BCUT2D eigenvalue weighted by molar-refractivity contribution is 6.35. The molecule has 0 aromatic heterocycles. The van der Waals surface area contributed by atoms with Gasteiger partial charge in [-0.3, -0.25) is 4.79 Å². The molecular formula is C16H18Cl2N2O2. The number of amides is 1. The van der Waals surface area contributed by atoms with Crippen LogP contribution in [0.25, 0.3) is 0 Å². The van der Waals surface area contributed by atoms with Crippen molar-refractivity contribution in [3.8, 4) is 0 Å². The molecule has 3 atom stereocenters. The Morgan fingerprint density at radius 3 is 2.91 bits per heavy atom. The van der Waals surface area contributed by atoms with Crippen LogP contribution < -0.4 is 5.32 Å². The maximum absolute atomic E-state index is 13.1. The van der Waals surface area contributed by atoms with Gasteiger partial charge in [0, 0.05) is 35.6 Å². The molecule has 0 radical (unpaired) electrons. The highest BCUT2D eigenvalue weighted by Gasteiger charge is 2.54. The Labute approximate surface area is 139 Å². The SMILES string of the molecule is C[C@H]1c2c(Cl)cc(Cl)cc2CCN1C(=O)[C@@]12CN[C@@H](CO1)C2. The van der Waals surface area contributed by atoms with Crippen molar-refractivity contribution in [2.45, 2.75) is 37.5 Å². The van der Waals surface area contributed by atoms with Crippen LogP contribution in [0.3, 0.4) is 0 Å². The first-order valence-corrected chi connectivity index (χ1v) is 8.42. The molecule has 0 unspecified atom stereocenters. The number of carbonyl (C=O) groups is 1. The van der Waals surface area contributed by atoms with E-state index >= 15 is 0 Å². The van der Waals surface area contributed by atoms with E-state index in [-0.39, 0.29) is 11.9 Å². The number of hydrogen-bond acceptors (Lipinski definition) is 3. The Hall–Kier alpha value is -0.810. The van der Waals surface area contributed by atoms with E-state index in [0.29, 0.717) is 35.8 Å². The molecule has 4 nitrogen and oxygen atoms in total. The van der Waals surface area contributed by atoms with Gasteiger partial charge in [0.05, 0.1) is 12.6 Å². The smallest absolute Gasteiger partial charge is 0.256 e. The predicted molar refractivity (Wildman–Crippen MR) is 85.4 cm³/mol. The van der Waals surface area contributed by atoms with Gasteiger partial charge in [-0.05, 0) is 36.6 Å². The second-order valence-corrected chi connectivity index (χ2v) is 7.32. The van der Waals surface area contributed by atoms with Crippen LogP contribution in [0, 0.1) is 0 Å². The molecule has 4 rings (SSSR count). The van der Waals surface area contributed by atoms with Gasteiger partial charge in [-0.2, -0.15) is 0 Å². The van der Waals surface area contributed by atoms with E-state index in [1.165, 1.54) is 0 Å². The molecule has 0 saturated carbocycles. The van der Waals surface area contributed by atoms with Gasteiger partial charge in [0.2, 0.25) is 0 Å². The Balaban J connectivity index is 1.66. The quantitative estimate of drug-likeness (QED) is 0.854. The minimum absolute atomic E-state index is 0.0568. The standard InChI is InChI=1S/C16H18Cl2N2O2/c1-9-14-10(4-11(17)5-13(14)18)2-3-20(9)15(21)16-6-12(7-22-16)19-8-16/h4-5,9,12,19H,2-3,6-8H2,1H3/t9-,12+,16+/m0/s1. The molecule has 6 heteroatoms. The molecule has 1 aromatic rings. The summed E-state index contributed by atoms with van der Waals surface area (Å²) in [5, 5.41) is 4.64.